The van der Waals surface area contributed by atoms with Crippen molar-refractivity contribution >= 4 is 12.3 Å². The van der Waals surface area contributed by atoms with Crippen LogP contribution in [0.3, 0.4) is 0 Å². The number of carbonyl (C=O) groups excluding carboxylic acids is 1. The minimum Gasteiger partial charge on any atom is -0.481 e. The maximum absolute atomic E-state index is 10.4. The van der Waals surface area contributed by atoms with Gasteiger partial charge >= 0.3 is 5.97 Å². The summed E-state index contributed by atoms with van der Waals surface area (Å²) in [6.45, 7) is 0.411. The lowest BCUT2D eigenvalue weighted by Crippen LogP contribution is -2.27. The van der Waals surface area contributed by atoms with Crippen molar-refractivity contribution in [2.24, 2.45) is 5.92 Å². The van der Waals surface area contributed by atoms with E-state index in [9.17, 15) is 9.59 Å². The number of hydrogen-bond acceptors (Lipinski definition) is 3. The van der Waals surface area contributed by atoms with Crippen molar-refractivity contribution in [1.29, 1.82) is 0 Å². The van der Waals surface area contributed by atoms with Crippen molar-refractivity contribution in [3.8, 4) is 0 Å². The molecule has 0 radical (unpaired) electrons. The molecule has 1 N–H and O–H groups in total. The lowest BCUT2D eigenvalue weighted by atomic mass is 10.1. The summed E-state index contributed by atoms with van der Waals surface area (Å²) < 4.78 is 0. The number of carbonyl (C=O) groups is 2. The van der Waals surface area contributed by atoms with E-state index >= 15 is 0 Å². The third-order valence-corrected chi connectivity index (χ3v) is 1.32. The molecule has 1 atom stereocenters. The van der Waals surface area contributed by atoms with Crippen LogP contribution >= 0.6 is 0 Å². The van der Waals surface area contributed by atoms with Crippen LogP contribution in [0, 0.1) is 5.92 Å². The maximum atomic E-state index is 10.4. The van der Waals surface area contributed by atoms with Crippen molar-refractivity contribution < 1.29 is 14.7 Å². The monoisotopic (exact) mass is 159 g/mol. The van der Waals surface area contributed by atoms with Gasteiger partial charge in [-0.2, -0.15) is 0 Å². The Bertz CT molecular complexity index is 145. The van der Waals surface area contributed by atoms with Gasteiger partial charge in [-0.15, -0.1) is 0 Å². The van der Waals surface area contributed by atoms with E-state index in [2.05, 4.69) is 0 Å². The molecule has 0 amide bonds. The third-order valence-electron chi connectivity index (χ3n) is 1.32. The molecule has 0 aromatic heterocycles. The van der Waals surface area contributed by atoms with E-state index in [4.69, 9.17) is 5.11 Å². The van der Waals surface area contributed by atoms with Gasteiger partial charge in [-0.05, 0) is 14.1 Å². The molecule has 0 aromatic rings. The van der Waals surface area contributed by atoms with Gasteiger partial charge in [0.25, 0.3) is 0 Å². The van der Waals surface area contributed by atoms with Crippen LogP contribution in [0.5, 0.6) is 0 Å². The van der Waals surface area contributed by atoms with Crippen LogP contribution in [0.1, 0.15) is 6.42 Å². The zero-order valence-corrected chi connectivity index (χ0v) is 6.78. The maximum Gasteiger partial charge on any atom is 0.308 e. The summed E-state index contributed by atoms with van der Waals surface area (Å²) in [5.74, 6) is -1.48. The molecule has 0 saturated carbocycles. The number of hydrogen-bond donors (Lipinski definition) is 1. The SMILES string of the molecule is CN(C)CC(CC=O)C(=O)O. The predicted octanol–water partition coefficient (Wildman–Crippen LogP) is -0.162. The standard InChI is InChI=1S/C7H13NO3/c1-8(2)5-6(3-4-9)7(10)11/h4,6H,3,5H2,1-2H3,(H,10,11). The quantitative estimate of drug-likeness (QED) is 0.566. The van der Waals surface area contributed by atoms with Crippen LogP contribution in [-0.2, 0) is 9.59 Å². The Morgan fingerprint density at radius 3 is 2.45 bits per heavy atom. The summed E-state index contributed by atoms with van der Waals surface area (Å²) in [5.41, 5.74) is 0. The number of carboxylic acid groups (broad SMARTS) is 1. The van der Waals surface area contributed by atoms with Crippen molar-refractivity contribution in [3.63, 3.8) is 0 Å². The van der Waals surface area contributed by atoms with Gasteiger partial charge in [0.1, 0.15) is 6.29 Å². The molecule has 0 fully saturated rings. The van der Waals surface area contributed by atoms with E-state index in [1.807, 2.05) is 0 Å². The Balaban J connectivity index is 3.88. The molecule has 0 bridgehead atoms. The third kappa shape index (κ3) is 4.50. The van der Waals surface area contributed by atoms with E-state index in [1.54, 1.807) is 19.0 Å². The summed E-state index contributed by atoms with van der Waals surface area (Å²) in [5, 5.41) is 8.57. The number of rotatable bonds is 5. The summed E-state index contributed by atoms with van der Waals surface area (Å²) in [6, 6.07) is 0. The Kier molecular flexibility index (Phi) is 4.45. The van der Waals surface area contributed by atoms with E-state index in [1.165, 1.54) is 0 Å². The molecule has 0 heterocycles. The predicted molar refractivity (Wildman–Crippen MR) is 40.4 cm³/mol. The van der Waals surface area contributed by atoms with Crippen LogP contribution in [0.2, 0.25) is 0 Å². The highest BCUT2D eigenvalue weighted by Gasteiger charge is 2.16. The van der Waals surface area contributed by atoms with Gasteiger partial charge in [0.05, 0.1) is 5.92 Å². The fourth-order valence-electron chi connectivity index (χ4n) is 0.810. The average Bonchev–Trinajstić information content (AvgIpc) is 1.86. The summed E-state index contributed by atoms with van der Waals surface area (Å²) in [6.07, 6.45) is 0.732. The van der Waals surface area contributed by atoms with E-state index in [0.29, 0.717) is 12.8 Å². The average molecular weight is 159 g/mol. The molecule has 4 nitrogen and oxygen atoms in total. The fourth-order valence-corrected chi connectivity index (χ4v) is 0.810. The lowest BCUT2D eigenvalue weighted by Gasteiger charge is -2.14. The second kappa shape index (κ2) is 4.85. The lowest BCUT2D eigenvalue weighted by molar-refractivity contribution is -0.143. The van der Waals surface area contributed by atoms with Crippen LogP contribution in [0.4, 0.5) is 0 Å². The molecule has 4 heteroatoms. The first kappa shape index (κ1) is 10.1. The van der Waals surface area contributed by atoms with E-state index < -0.39 is 11.9 Å². The zero-order valence-electron chi connectivity index (χ0n) is 6.78. The fraction of sp³-hybridized carbons (Fsp3) is 0.714. The molecular formula is C7H13NO3. The molecule has 1 unspecified atom stereocenters. The van der Waals surface area contributed by atoms with Crippen LogP contribution in [0.25, 0.3) is 0 Å². The molecule has 0 aliphatic heterocycles. The van der Waals surface area contributed by atoms with Gasteiger partial charge in [-0.1, -0.05) is 0 Å². The van der Waals surface area contributed by atoms with E-state index in [-0.39, 0.29) is 6.42 Å². The molecule has 64 valence electrons. The molecule has 0 aromatic carbocycles. The molecule has 0 spiro atoms. The first-order chi connectivity index (χ1) is 5.07. The number of nitrogens with zero attached hydrogens (tertiary/aromatic N) is 1. The molecule has 0 aliphatic carbocycles. The highest BCUT2D eigenvalue weighted by molar-refractivity contribution is 5.73. The molecule has 0 saturated heterocycles. The normalized spacial score (nSPS) is 13.0. The smallest absolute Gasteiger partial charge is 0.308 e. The summed E-state index contributed by atoms with van der Waals surface area (Å²) in [4.78, 5) is 22.2. The van der Waals surface area contributed by atoms with Crippen LogP contribution in [-0.4, -0.2) is 42.9 Å². The van der Waals surface area contributed by atoms with Gasteiger partial charge < -0.3 is 14.8 Å². The first-order valence-electron chi connectivity index (χ1n) is 3.39. The van der Waals surface area contributed by atoms with Crippen LogP contribution in [0.15, 0.2) is 0 Å². The second-order valence-corrected chi connectivity index (χ2v) is 2.70. The first-order valence-corrected chi connectivity index (χ1v) is 3.39. The molecule has 0 aliphatic rings. The largest absolute Gasteiger partial charge is 0.481 e. The van der Waals surface area contributed by atoms with Gasteiger partial charge in [0.15, 0.2) is 0 Å². The number of aliphatic carboxylic acids is 1. The number of carboxylic acids is 1. The Hall–Kier alpha value is -0.900. The van der Waals surface area contributed by atoms with Crippen molar-refractivity contribution in [3.05, 3.63) is 0 Å². The van der Waals surface area contributed by atoms with Gasteiger partial charge in [-0.3, -0.25) is 4.79 Å². The van der Waals surface area contributed by atoms with Crippen molar-refractivity contribution in [2.75, 3.05) is 20.6 Å². The summed E-state index contributed by atoms with van der Waals surface area (Å²) >= 11 is 0. The topological polar surface area (TPSA) is 57.6 Å². The van der Waals surface area contributed by atoms with Gasteiger partial charge in [-0.25, -0.2) is 0 Å². The van der Waals surface area contributed by atoms with Crippen LogP contribution < -0.4 is 0 Å². The highest BCUT2D eigenvalue weighted by Crippen LogP contribution is 2.01. The molecule has 0 rings (SSSR count). The molecular weight excluding hydrogens is 146 g/mol. The molecule has 11 heavy (non-hydrogen) atoms. The Morgan fingerprint density at radius 2 is 2.18 bits per heavy atom. The van der Waals surface area contributed by atoms with Crippen molar-refractivity contribution in [2.45, 2.75) is 6.42 Å². The van der Waals surface area contributed by atoms with Gasteiger partial charge in [0, 0.05) is 13.0 Å². The Labute approximate surface area is 65.8 Å². The minimum absolute atomic E-state index is 0.0908. The second-order valence-electron chi connectivity index (χ2n) is 2.70. The van der Waals surface area contributed by atoms with E-state index in [0.717, 1.165) is 0 Å². The zero-order chi connectivity index (χ0) is 8.85. The Morgan fingerprint density at radius 1 is 1.64 bits per heavy atom. The highest BCUT2D eigenvalue weighted by atomic mass is 16.4. The number of aldehydes is 1. The minimum atomic E-state index is -0.911. The summed E-state index contributed by atoms with van der Waals surface area (Å²) in [7, 11) is 3.56. The van der Waals surface area contributed by atoms with Gasteiger partial charge in [0.2, 0.25) is 0 Å². The van der Waals surface area contributed by atoms with Crippen molar-refractivity contribution in [1.82, 2.24) is 4.90 Å².